The van der Waals surface area contributed by atoms with E-state index in [0.29, 0.717) is 17.8 Å². The van der Waals surface area contributed by atoms with Crippen LogP contribution in [-0.4, -0.2) is 66.7 Å². The van der Waals surface area contributed by atoms with Gasteiger partial charge in [0.2, 0.25) is 0 Å². The molecule has 0 amide bonds. The van der Waals surface area contributed by atoms with Crippen LogP contribution in [0.25, 0.3) is 0 Å². The lowest BCUT2D eigenvalue weighted by molar-refractivity contribution is -0.209. The molecular formula is C35H50O11. The second-order valence-corrected chi connectivity index (χ2v) is 15.9. The molecule has 0 aromatic carbocycles. The van der Waals surface area contributed by atoms with E-state index in [-0.39, 0.29) is 19.1 Å². The van der Waals surface area contributed by atoms with Gasteiger partial charge in [-0.2, -0.15) is 0 Å². The fourth-order valence-electron chi connectivity index (χ4n) is 10.4. The van der Waals surface area contributed by atoms with Crippen LogP contribution in [0.1, 0.15) is 93.9 Å². The lowest BCUT2D eigenvalue weighted by atomic mass is 9.56. The predicted molar refractivity (Wildman–Crippen MR) is 160 cm³/mol. The first-order valence-corrected chi connectivity index (χ1v) is 17.2. The first-order chi connectivity index (χ1) is 21.5. The number of cyclic esters (lactones) is 3. The molecule has 13 unspecified atom stereocenters. The van der Waals surface area contributed by atoms with Crippen molar-refractivity contribution >= 4 is 29.8 Å². The van der Waals surface area contributed by atoms with Gasteiger partial charge < -0.3 is 28.4 Å². The Morgan fingerprint density at radius 3 is 2.24 bits per heavy atom. The van der Waals surface area contributed by atoms with E-state index in [2.05, 4.69) is 0 Å². The fourth-order valence-corrected chi connectivity index (χ4v) is 10.4. The van der Waals surface area contributed by atoms with Crippen molar-refractivity contribution in [1.29, 1.82) is 0 Å². The van der Waals surface area contributed by atoms with Crippen molar-refractivity contribution in [2.75, 3.05) is 6.61 Å². The van der Waals surface area contributed by atoms with Crippen LogP contribution in [0.2, 0.25) is 0 Å². The zero-order valence-corrected chi connectivity index (χ0v) is 28.4. The van der Waals surface area contributed by atoms with Crippen LogP contribution in [0.15, 0.2) is 0 Å². The van der Waals surface area contributed by atoms with Gasteiger partial charge >= 0.3 is 29.8 Å². The van der Waals surface area contributed by atoms with Gasteiger partial charge in [0.25, 0.3) is 0 Å². The van der Waals surface area contributed by atoms with Crippen molar-refractivity contribution in [1.82, 2.24) is 0 Å². The summed E-state index contributed by atoms with van der Waals surface area (Å²) in [5.74, 6) is -2.48. The van der Waals surface area contributed by atoms with Crippen LogP contribution in [-0.2, 0) is 52.4 Å². The van der Waals surface area contributed by atoms with Gasteiger partial charge in [0.1, 0.15) is 5.60 Å². The Morgan fingerprint density at radius 1 is 0.935 bits per heavy atom. The van der Waals surface area contributed by atoms with Gasteiger partial charge in [-0.1, -0.05) is 0 Å². The third-order valence-corrected chi connectivity index (χ3v) is 12.9. The molecule has 0 aromatic rings. The standard InChI is InChI=1S/C35H50O11/c1-9-41-17(3)43-32(40)35(8,33(4,5)31(39)44-23-15-24(36)46-34(23,6)7)28-25(29(37)45-30(28)38)16(2)42-22-14-20-13-21(22)27-19-11-10-18(12-19)26(20)27/h16-23,25-28H,9-15H2,1-8H3. The number of hydrogen-bond acceptors (Lipinski definition) is 11. The molecule has 11 heteroatoms. The average Bonchev–Trinajstić information content (AvgIpc) is 3.79. The fraction of sp³-hybridized carbons (Fsp3) is 0.857. The summed E-state index contributed by atoms with van der Waals surface area (Å²) in [7, 11) is 0. The van der Waals surface area contributed by atoms with Crippen molar-refractivity contribution in [3.8, 4) is 0 Å². The highest BCUT2D eigenvalue weighted by atomic mass is 16.7. The van der Waals surface area contributed by atoms with E-state index in [1.54, 1.807) is 27.7 Å². The summed E-state index contributed by atoms with van der Waals surface area (Å²) in [6.45, 7) is 13.0. The van der Waals surface area contributed by atoms with Gasteiger partial charge in [0, 0.05) is 6.61 Å². The zero-order valence-electron chi connectivity index (χ0n) is 28.4. The van der Waals surface area contributed by atoms with Crippen LogP contribution >= 0.6 is 0 Å². The van der Waals surface area contributed by atoms with Crippen molar-refractivity contribution in [2.45, 2.75) is 124 Å². The molecule has 6 rings (SSSR count). The van der Waals surface area contributed by atoms with Gasteiger partial charge in [-0.05, 0) is 123 Å². The van der Waals surface area contributed by atoms with Crippen molar-refractivity contribution in [3.63, 3.8) is 0 Å². The van der Waals surface area contributed by atoms with E-state index in [4.69, 9.17) is 28.4 Å². The molecule has 0 spiro atoms. The second kappa shape index (κ2) is 11.6. The molecule has 6 fully saturated rings. The maximum atomic E-state index is 14.2. The summed E-state index contributed by atoms with van der Waals surface area (Å²) in [5, 5.41) is 0. The normalized spacial score (nSPS) is 39.9. The third kappa shape index (κ3) is 5.09. The summed E-state index contributed by atoms with van der Waals surface area (Å²) >= 11 is 0. The molecule has 13 atom stereocenters. The Morgan fingerprint density at radius 2 is 1.61 bits per heavy atom. The van der Waals surface area contributed by atoms with Crippen LogP contribution in [0.5, 0.6) is 0 Å². The van der Waals surface area contributed by atoms with E-state index >= 15 is 0 Å². The highest BCUT2D eigenvalue weighted by Crippen LogP contribution is 2.68. The Balaban J connectivity index is 1.29. The maximum absolute atomic E-state index is 14.2. The Bertz CT molecular complexity index is 1290. The van der Waals surface area contributed by atoms with E-state index in [9.17, 15) is 24.0 Å². The van der Waals surface area contributed by atoms with E-state index < -0.39 is 76.6 Å². The third-order valence-electron chi connectivity index (χ3n) is 12.9. The minimum absolute atomic E-state index is 0.0407. The molecule has 256 valence electrons. The van der Waals surface area contributed by atoms with Crippen LogP contribution in [0.3, 0.4) is 0 Å². The van der Waals surface area contributed by atoms with Gasteiger partial charge in [-0.25, -0.2) is 0 Å². The van der Waals surface area contributed by atoms with Gasteiger partial charge in [0.15, 0.2) is 12.4 Å². The molecular weight excluding hydrogens is 596 g/mol. The quantitative estimate of drug-likeness (QED) is 0.104. The summed E-state index contributed by atoms with van der Waals surface area (Å²) in [6.07, 6.45) is 3.14. The van der Waals surface area contributed by atoms with Gasteiger partial charge in [-0.3, -0.25) is 24.0 Å². The summed E-state index contributed by atoms with van der Waals surface area (Å²) < 4.78 is 34.3. The zero-order chi connectivity index (χ0) is 33.5. The van der Waals surface area contributed by atoms with Crippen molar-refractivity contribution < 1.29 is 52.4 Å². The lowest BCUT2D eigenvalue weighted by Gasteiger charge is -2.45. The largest absolute Gasteiger partial charge is 0.457 e. The monoisotopic (exact) mass is 646 g/mol. The van der Waals surface area contributed by atoms with Gasteiger partial charge in [0.05, 0.1) is 41.3 Å². The lowest BCUT2D eigenvalue weighted by Crippen LogP contribution is -2.58. The minimum Gasteiger partial charge on any atom is -0.457 e. The number of esters is 5. The first-order valence-electron chi connectivity index (χ1n) is 17.2. The highest BCUT2D eigenvalue weighted by molar-refractivity contribution is 6.02. The Kier molecular flexibility index (Phi) is 8.39. The number of carbonyl (C=O) groups is 5. The predicted octanol–water partition coefficient (Wildman–Crippen LogP) is 4.37. The number of ether oxygens (including phenoxy) is 6. The molecule has 0 N–H and O–H groups in total. The van der Waals surface area contributed by atoms with E-state index in [1.807, 2.05) is 0 Å². The second-order valence-electron chi connectivity index (χ2n) is 15.9. The number of carbonyl (C=O) groups excluding carboxylic acids is 5. The molecule has 2 aliphatic heterocycles. The summed E-state index contributed by atoms with van der Waals surface area (Å²) in [5.41, 5.74) is -4.79. The maximum Gasteiger partial charge on any atom is 0.320 e. The molecule has 6 aliphatic rings. The molecule has 4 saturated carbocycles. The van der Waals surface area contributed by atoms with Gasteiger partial charge in [-0.15, -0.1) is 0 Å². The molecule has 0 aromatic heterocycles. The van der Waals surface area contributed by atoms with E-state index in [0.717, 1.165) is 30.6 Å². The molecule has 2 heterocycles. The van der Waals surface area contributed by atoms with Crippen LogP contribution in [0.4, 0.5) is 0 Å². The number of rotatable bonds is 11. The minimum atomic E-state index is -1.96. The number of fused-ring (bicyclic) bond motifs is 9. The molecule has 46 heavy (non-hydrogen) atoms. The first kappa shape index (κ1) is 33.4. The topological polar surface area (TPSA) is 141 Å². The van der Waals surface area contributed by atoms with Crippen molar-refractivity contribution in [2.24, 2.45) is 58.2 Å². The Labute approximate surface area is 271 Å². The highest BCUT2D eigenvalue weighted by Gasteiger charge is 2.69. The van der Waals surface area contributed by atoms with E-state index in [1.165, 1.54) is 47.0 Å². The van der Waals surface area contributed by atoms with Crippen molar-refractivity contribution in [3.05, 3.63) is 0 Å². The Hall–Kier alpha value is -2.53. The molecule has 4 aliphatic carbocycles. The van der Waals surface area contributed by atoms with Crippen LogP contribution < -0.4 is 0 Å². The van der Waals surface area contributed by atoms with Crippen LogP contribution in [0, 0.1) is 58.2 Å². The smallest absolute Gasteiger partial charge is 0.320 e. The summed E-state index contributed by atoms with van der Waals surface area (Å²) in [4.78, 5) is 67.5. The summed E-state index contributed by atoms with van der Waals surface area (Å²) in [6, 6.07) is 0. The molecule has 0 radical (unpaired) electrons. The molecule has 11 nitrogen and oxygen atoms in total. The molecule has 2 saturated heterocycles. The number of hydrogen-bond donors (Lipinski definition) is 0. The average molecular weight is 647 g/mol. The molecule has 4 bridgehead atoms. The SMILES string of the molecule is CCOC(C)OC(=O)C(C)(C1C(=O)OC(=O)C1C(C)OC1CC2CC1C1C3CCC(C3)C21)C(C)(C)C(=O)OC1CC(=O)OC1(C)C.